The normalized spacial score (nSPS) is 18.6. The van der Waals surface area contributed by atoms with Crippen LogP contribution in [0.3, 0.4) is 0 Å². The van der Waals surface area contributed by atoms with Crippen LogP contribution in [-0.4, -0.2) is 39.0 Å². The second-order valence-corrected chi connectivity index (χ2v) is 8.33. The number of hydrogen-bond donors (Lipinski definition) is 0. The van der Waals surface area contributed by atoms with Crippen molar-refractivity contribution in [3.8, 4) is 11.4 Å². The maximum atomic E-state index is 13.5. The first-order valence-electron chi connectivity index (χ1n) is 9.95. The van der Waals surface area contributed by atoms with E-state index in [1.165, 1.54) is 0 Å². The topological polar surface area (TPSA) is 72.1 Å². The van der Waals surface area contributed by atoms with Crippen molar-refractivity contribution in [1.29, 1.82) is 0 Å². The van der Waals surface area contributed by atoms with Crippen molar-refractivity contribution in [3.05, 3.63) is 65.3 Å². The Morgan fingerprint density at radius 1 is 1.07 bits per heavy atom. The molecular formula is C22H21ClN4O2. The van der Waals surface area contributed by atoms with Crippen LogP contribution in [0.1, 0.15) is 43.1 Å². The van der Waals surface area contributed by atoms with E-state index >= 15 is 0 Å². The minimum Gasteiger partial charge on any atom is -0.340 e. The van der Waals surface area contributed by atoms with Gasteiger partial charge in [-0.15, -0.1) is 0 Å². The molecule has 6 nitrogen and oxygen atoms in total. The molecule has 1 aromatic carbocycles. The maximum Gasteiger partial charge on any atom is 0.233 e. The molecule has 2 aromatic heterocycles. The smallest absolute Gasteiger partial charge is 0.233 e. The van der Waals surface area contributed by atoms with Crippen LogP contribution >= 0.6 is 11.6 Å². The van der Waals surface area contributed by atoms with Gasteiger partial charge in [-0.05, 0) is 42.7 Å². The summed E-state index contributed by atoms with van der Waals surface area (Å²) in [6.45, 7) is 1.23. The van der Waals surface area contributed by atoms with Crippen LogP contribution in [-0.2, 0) is 10.2 Å². The maximum absolute atomic E-state index is 13.5. The molecular weight excluding hydrogens is 388 g/mol. The summed E-state index contributed by atoms with van der Waals surface area (Å²) in [6, 6.07) is 11.5. The fourth-order valence-electron chi connectivity index (χ4n) is 4.50. The Morgan fingerprint density at radius 2 is 1.76 bits per heavy atom. The van der Waals surface area contributed by atoms with Crippen LogP contribution in [0.25, 0.3) is 11.4 Å². The van der Waals surface area contributed by atoms with E-state index < -0.39 is 5.41 Å². The van der Waals surface area contributed by atoms with Gasteiger partial charge in [0, 0.05) is 36.1 Å². The van der Waals surface area contributed by atoms with Crippen LogP contribution in [0.15, 0.2) is 53.3 Å². The highest BCUT2D eigenvalue weighted by atomic mass is 35.5. The molecule has 1 aliphatic heterocycles. The van der Waals surface area contributed by atoms with Gasteiger partial charge in [-0.2, -0.15) is 4.98 Å². The number of carbonyl (C=O) groups is 1. The lowest BCUT2D eigenvalue weighted by atomic mass is 9.76. The van der Waals surface area contributed by atoms with Gasteiger partial charge in [-0.3, -0.25) is 9.78 Å². The average Bonchev–Trinajstić information content (AvgIpc) is 3.39. The van der Waals surface area contributed by atoms with E-state index in [2.05, 4.69) is 15.1 Å². The van der Waals surface area contributed by atoms with Gasteiger partial charge < -0.3 is 9.42 Å². The summed E-state index contributed by atoms with van der Waals surface area (Å²) in [6.07, 6.45) is 7.33. The van der Waals surface area contributed by atoms with Gasteiger partial charge in [0.1, 0.15) is 0 Å². The number of rotatable bonds is 4. The Labute approximate surface area is 173 Å². The predicted octanol–water partition coefficient (Wildman–Crippen LogP) is 4.22. The van der Waals surface area contributed by atoms with E-state index in [0.29, 0.717) is 29.8 Å². The predicted molar refractivity (Wildman–Crippen MR) is 108 cm³/mol. The van der Waals surface area contributed by atoms with Gasteiger partial charge in [0.2, 0.25) is 17.6 Å². The van der Waals surface area contributed by atoms with Crippen molar-refractivity contribution < 1.29 is 9.32 Å². The van der Waals surface area contributed by atoms with E-state index in [0.717, 1.165) is 36.8 Å². The van der Waals surface area contributed by atoms with Crippen molar-refractivity contribution >= 4 is 17.5 Å². The molecule has 7 heteroatoms. The van der Waals surface area contributed by atoms with Gasteiger partial charge in [-0.1, -0.05) is 41.7 Å². The number of amides is 1. The second-order valence-electron chi connectivity index (χ2n) is 7.90. The molecule has 5 rings (SSSR count). The van der Waals surface area contributed by atoms with Gasteiger partial charge in [-0.25, -0.2) is 0 Å². The van der Waals surface area contributed by atoms with Crippen LogP contribution in [0.4, 0.5) is 0 Å². The first-order chi connectivity index (χ1) is 14.2. The Bertz CT molecular complexity index is 1010. The fraction of sp³-hybridized carbons (Fsp3) is 0.364. The number of likely N-dealkylation sites (tertiary alicyclic amines) is 1. The number of benzene rings is 1. The first kappa shape index (κ1) is 18.3. The molecule has 2 aliphatic rings. The van der Waals surface area contributed by atoms with E-state index in [1.54, 1.807) is 12.4 Å². The van der Waals surface area contributed by atoms with Gasteiger partial charge >= 0.3 is 0 Å². The summed E-state index contributed by atoms with van der Waals surface area (Å²) in [5, 5.41) is 4.77. The number of halogens is 1. The monoisotopic (exact) mass is 408 g/mol. The SMILES string of the molecule is O=C(N1CC(c2nc(-c3ccncc3)no2)C1)C1(c2ccc(Cl)cc2)CCCC1. The minimum absolute atomic E-state index is 0.0886. The van der Waals surface area contributed by atoms with Crippen molar-refractivity contribution in [2.45, 2.75) is 37.0 Å². The van der Waals surface area contributed by atoms with Crippen molar-refractivity contribution in [3.63, 3.8) is 0 Å². The molecule has 0 N–H and O–H groups in total. The van der Waals surface area contributed by atoms with Crippen LogP contribution in [0.5, 0.6) is 0 Å². The fourth-order valence-corrected chi connectivity index (χ4v) is 4.62. The third kappa shape index (κ3) is 3.21. The Hall–Kier alpha value is -2.73. The summed E-state index contributed by atoms with van der Waals surface area (Å²) in [5.74, 6) is 1.45. The quantitative estimate of drug-likeness (QED) is 0.646. The summed E-state index contributed by atoms with van der Waals surface area (Å²) >= 11 is 6.06. The molecule has 1 amide bonds. The van der Waals surface area contributed by atoms with Crippen LogP contribution < -0.4 is 0 Å². The largest absolute Gasteiger partial charge is 0.340 e. The molecule has 0 bridgehead atoms. The summed E-state index contributed by atoms with van der Waals surface area (Å²) in [5.41, 5.74) is 1.52. The molecule has 1 saturated heterocycles. The molecule has 0 unspecified atom stereocenters. The van der Waals surface area contributed by atoms with Crippen molar-refractivity contribution in [2.75, 3.05) is 13.1 Å². The molecule has 3 heterocycles. The molecule has 1 aliphatic carbocycles. The molecule has 0 radical (unpaired) electrons. The Kier molecular flexibility index (Phi) is 4.59. The van der Waals surface area contributed by atoms with Crippen molar-refractivity contribution in [2.24, 2.45) is 0 Å². The van der Waals surface area contributed by atoms with E-state index in [1.807, 2.05) is 41.3 Å². The average molecular weight is 409 g/mol. The lowest BCUT2D eigenvalue weighted by Gasteiger charge is -2.43. The zero-order chi connectivity index (χ0) is 19.8. The highest BCUT2D eigenvalue weighted by Crippen LogP contribution is 2.44. The highest BCUT2D eigenvalue weighted by Gasteiger charge is 2.48. The van der Waals surface area contributed by atoms with E-state index in [9.17, 15) is 4.79 Å². The number of hydrogen-bond acceptors (Lipinski definition) is 5. The zero-order valence-electron chi connectivity index (χ0n) is 15.9. The third-order valence-electron chi connectivity index (χ3n) is 6.16. The lowest BCUT2D eigenvalue weighted by molar-refractivity contribution is -0.142. The summed E-state index contributed by atoms with van der Waals surface area (Å²) in [7, 11) is 0. The molecule has 0 spiro atoms. The number of aromatic nitrogens is 3. The minimum atomic E-state index is -0.424. The highest BCUT2D eigenvalue weighted by molar-refractivity contribution is 6.30. The van der Waals surface area contributed by atoms with E-state index in [4.69, 9.17) is 16.1 Å². The van der Waals surface area contributed by atoms with Gasteiger partial charge in [0.05, 0.1) is 11.3 Å². The zero-order valence-corrected chi connectivity index (χ0v) is 16.7. The molecule has 148 valence electrons. The molecule has 2 fully saturated rings. The summed E-state index contributed by atoms with van der Waals surface area (Å²) < 4.78 is 5.47. The number of pyridine rings is 1. The molecule has 3 aromatic rings. The second kappa shape index (κ2) is 7.26. The van der Waals surface area contributed by atoms with Crippen LogP contribution in [0.2, 0.25) is 5.02 Å². The van der Waals surface area contributed by atoms with E-state index in [-0.39, 0.29) is 11.8 Å². The molecule has 1 saturated carbocycles. The van der Waals surface area contributed by atoms with Gasteiger partial charge in [0.25, 0.3) is 0 Å². The standard InChI is InChI=1S/C22H21ClN4O2/c23-18-5-3-17(4-6-18)22(9-1-2-10-22)21(28)27-13-16(14-27)20-25-19(26-29-20)15-7-11-24-12-8-15/h3-8,11-12,16H,1-2,9-10,13-14H2. The van der Waals surface area contributed by atoms with Gasteiger partial charge in [0.15, 0.2) is 0 Å². The number of carbonyl (C=O) groups excluding carboxylic acids is 1. The third-order valence-corrected chi connectivity index (χ3v) is 6.41. The van der Waals surface area contributed by atoms with Crippen LogP contribution in [0, 0.1) is 0 Å². The Morgan fingerprint density at radius 3 is 2.45 bits per heavy atom. The van der Waals surface area contributed by atoms with Crippen molar-refractivity contribution in [1.82, 2.24) is 20.0 Å². The number of nitrogens with zero attached hydrogens (tertiary/aromatic N) is 4. The lowest BCUT2D eigenvalue weighted by Crippen LogP contribution is -2.55. The molecule has 0 atom stereocenters. The Balaban J connectivity index is 1.30. The first-order valence-corrected chi connectivity index (χ1v) is 10.3. The molecule has 29 heavy (non-hydrogen) atoms. The summed E-state index contributed by atoms with van der Waals surface area (Å²) in [4.78, 5) is 23.9.